The Bertz CT molecular complexity index is 740. The van der Waals surface area contributed by atoms with Crippen LogP contribution < -0.4 is 10.8 Å². The second kappa shape index (κ2) is 8.20. The van der Waals surface area contributed by atoms with Crippen LogP contribution in [0.4, 0.5) is 5.82 Å². The van der Waals surface area contributed by atoms with E-state index >= 15 is 0 Å². The number of hydroxylamine groups is 1. The molecular weight excluding hydrogens is 292 g/mol. The lowest BCUT2D eigenvalue weighted by atomic mass is 10.2. The first kappa shape index (κ1) is 16.8. The van der Waals surface area contributed by atoms with Gasteiger partial charge in [-0.1, -0.05) is 31.8 Å². The summed E-state index contributed by atoms with van der Waals surface area (Å²) in [5, 5.41) is 11.5. The number of nitrogens with one attached hydrogen (secondary N) is 2. The Balaban J connectivity index is 2.28. The number of pyridine rings is 1. The lowest BCUT2D eigenvalue weighted by Gasteiger charge is -2.02. The van der Waals surface area contributed by atoms with Crippen molar-refractivity contribution in [1.82, 2.24) is 14.9 Å². The van der Waals surface area contributed by atoms with E-state index in [1.54, 1.807) is 5.48 Å². The lowest BCUT2D eigenvalue weighted by Crippen LogP contribution is -2.27. The van der Waals surface area contributed by atoms with E-state index in [9.17, 15) is 4.79 Å². The zero-order chi connectivity index (χ0) is 16.7. The van der Waals surface area contributed by atoms with Gasteiger partial charge in [0.25, 0.3) is 5.91 Å². The summed E-state index contributed by atoms with van der Waals surface area (Å²) in [4.78, 5) is 15.7. The standard InChI is InChI=1S/C17H22N4O2/c1-3-4-5-6-7-8-14-17(18-11-16(22)20-23)19-15-10-9-13(2)12-21(14)15/h9-10,12,18,23H,3-6,11H2,1-2H3,(H,20,22). The number of fused-ring (bicyclic) bond motifs is 1. The molecule has 23 heavy (non-hydrogen) atoms. The highest BCUT2D eigenvalue weighted by atomic mass is 16.5. The van der Waals surface area contributed by atoms with E-state index in [1.165, 1.54) is 12.8 Å². The van der Waals surface area contributed by atoms with Crippen molar-refractivity contribution in [2.24, 2.45) is 0 Å². The van der Waals surface area contributed by atoms with Crippen LogP contribution in [-0.4, -0.2) is 27.0 Å². The smallest absolute Gasteiger partial charge is 0.262 e. The van der Waals surface area contributed by atoms with Crippen LogP contribution in [0.25, 0.3) is 5.65 Å². The molecule has 0 saturated carbocycles. The minimum atomic E-state index is -0.528. The number of rotatable bonds is 6. The minimum Gasteiger partial charge on any atom is -0.359 e. The second-order valence-corrected chi connectivity index (χ2v) is 5.39. The summed E-state index contributed by atoms with van der Waals surface area (Å²) in [6, 6.07) is 3.89. The maximum atomic E-state index is 11.2. The largest absolute Gasteiger partial charge is 0.359 e. The monoisotopic (exact) mass is 314 g/mol. The summed E-state index contributed by atoms with van der Waals surface area (Å²) in [5.74, 6) is 6.35. The Morgan fingerprint density at radius 3 is 2.96 bits per heavy atom. The van der Waals surface area contributed by atoms with Crippen LogP contribution in [0.5, 0.6) is 0 Å². The topological polar surface area (TPSA) is 78.7 Å². The predicted molar refractivity (Wildman–Crippen MR) is 89.4 cm³/mol. The molecule has 0 unspecified atom stereocenters. The van der Waals surface area contributed by atoms with Gasteiger partial charge in [0.1, 0.15) is 11.3 Å². The third kappa shape index (κ3) is 4.47. The number of nitrogens with zero attached hydrogens (tertiary/aromatic N) is 2. The number of anilines is 1. The molecule has 122 valence electrons. The van der Waals surface area contributed by atoms with Crippen LogP contribution >= 0.6 is 0 Å². The predicted octanol–water partition coefficient (Wildman–Crippen LogP) is 2.49. The highest BCUT2D eigenvalue weighted by molar-refractivity contribution is 5.80. The average Bonchev–Trinajstić information content (AvgIpc) is 2.89. The number of imidazole rings is 1. The fourth-order valence-corrected chi connectivity index (χ4v) is 2.21. The van der Waals surface area contributed by atoms with Crippen molar-refractivity contribution in [3.63, 3.8) is 0 Å². The van der Waals surface area contributed by atoms with Gasteiger partial charge in [-0.2, -0.15) is 0 Å². The summed E-state index contributed by atoms with van der Waals surface area (Å²) in [6.07, 6.45) is 6.22. The maximum Gasteiger partial charge on any atom is 0.262 e. The molecule has 6 nitrogen and oxygen atoms in total. The van der Waals surface area contributed by atoms with E-state index in [1.807, 2.05) is 29.7 Å². The molecule has 0 fully saturated rings. The van der Waals surface area contributed by atoms with Gasteiger partial charge < -0.3 is 5.32 Å². The molecule has 2 heterocycles. The second-order valence-electron chi connectivity index (χ2n) is 5.39. The normalized spacial score (nSPS) is 10.2. The first-order chi connectivity index (χ1) is 11.2. The minimum absolute atomic E-state index is 0.0656. The molecule has 0 aliphatic heterocycles. The molecule has 0 spiro atoms. The third-order valence-corrected chi connectivity index (χ3v) is 3.42. The fraction of sp³-hybridized carbons (Fsp3) is 0.412. The van der Waals surface area contributed by atoms with Gasteiger partial charge >= 0.3 is 0 Å². The van der Waals surface area contributed by atoms with Gasteiger partial charge in [0, 0.05) is 12.6 Å². The van der Waals surface area contributed by atoms with Crippen LogP contribution in [0.2, 0.25) is 0 Å². The first-order valence-corrected chi connectivity index (χ1v) is 7.80. The Kier molecular flexibility index (Phi) is 6.01. The number of hydrogen-bond donors (Lipinski definition) is 3. The number of unbranched alkanes of at least 4 members (excludes halogenated alkanes) is 3. The van der Waals surface area contributed by atoms with Crippen molar-refractivity contribution in [2.45, 2.75) is 39.5 Å². The number of carbonyl (C=O) groups is 1. The molecule has 0 saturated heterocycles. The van der Waals surface area contributed by atoms with Gasteiger partial charge in [0.2, 0.25) is 0 Å². The van der Waals surface area contributed by atoms with Crippen molar-refractivity contribution < 1.29 is 10.0 Å². The lowest BCUT2D eigenvalue weighted by molar-refractivity contribution is -0.127. The molecule has 0 atom stereocenters. The molecule has 0 bridgehead atoms. The van der Waals surface area contributed by atoms with E-state index in [0.717, 1.165) is 29.7 Å². The van der Waals surface area contributed by atoms with Gasteiger partial charge in [-0.05, 0) is 30.9 Å². The molecule has 2 aromatic rings. The molecule has 3 N–H and O–H groups in total. The Morgan fingerprint density at radius 1 is 1.39 bits per heavy atom. The Labute approximate surface area is 135 Å². The van der Waals surface area contributed by atoms with Crippen LogP contribution in [-0.2, 0) is 4.79 Å². The van der Waals surface area contributed by atoms with Crippen LogP contribution in [0.1, 0.15) is 43.9 Å². The van der Waals surface area contributed by atoms with E-state index in [0.29, 0.717) is 5.82 Å². The molecular formula is C17H22N4O2. The zero-order valence-electron chi connectivity index (χ0n) is 13.5. The van der Waals surface area contributed by atoms with Crippen molar-refractivity contribution >= 4 is 17.4 Å². The van der Waals surface area contributed by atoms with E-state index in [2.05, 4.69) is 29.1 Å². The highest BCUT2D eigenvalue weighted by Crippen LogP contribution is 2.17. The van der Waals surface area contributed by atoms with Gasteiger partial charge in [0.15, 0.2) is 5.82 Å². The molecule has 0 radical (unpaired) electrons. The first-order valence-electron chi connectivity index (χ1n) is 7.80. The third-order valence-electron chi connectivity index (χ3n) is 3.42. The SMILES string of the molecule is CCCCCC#Cc1c(NCC(=O)NO)nc2ccc(C)cn12. The average molecular weight is 314 g/mol. The molecule has 0 aliphatic rings. The zero-order valence-corrected chi connectivity index (χ0v) is 13.5. The van der Waals surface area contributed by atoms with Crippen molar-refractivity contribution in [3.05, 3.63) is 29.6 Å². The highest BCUT2D eigenvalue weighted by Gasteiger charge is 2.11. The fourth-order valence-electron chi connectivity index (χ4n) is 2.21. The molecule has 2 aromatic heterocycles. The van der Waals surface area contributed by atoms with Crippen molar-refractivity contribution in [3.8, 4) is 11.8 Å². The van der Waals surface area contributed by atoms with Crippen LogP contribution in [0.15, 0.2) is 18.3 Å². The summed E-state index contributed by atoms with van der Waals surface area (Å²) < 4.78 is 1.92. The van der Waals surface area contributed by atoms with E-state index in [-0.39, 0.29) is 6.54 Å². The molecule has 0 aliphatic carbocycles. The molecule has 0 aromatic carbocycles. The molecule has 6 heteroatoms. The Hall–Kier alpha value is -2.52. The van der Waals surface area contributed by atoms with Crippen molar-refractivity contribution in [2.75, 3.05) is 11.9 Å². The number of aryl methyl sites for hydroxylation is 1. The van der Waals surface area contributed by atoms with Gasteiger partial charge in [0.05, 0.1) is 6.54 Å². The maximum absolute atomic E-state index is 11.2. The van der Waals surface area contributed by atoms with E-state index in [4.69, 9.17) is 5.21 Å². The summed E-state index contributed by atoms with van der Waals surface area (Å²) >= 11 is 0. The number of carbonyl (C=O) groups excluding carboxylic acids is 1. The van der Waals surface area contributed by atoms with Crippen LogP contribution in [0, 0.1) is 18.8 Å². The summed E-state index contributed by atoms with van der Waals surface area (Å²) in [7, 11) is 0. The summed E-state index contributed by atoms with van der Waals surface area (Å²) in [6.45, 7) is 4.10. The number of hydrogen-bond acceptors (Lipinski definition) is 4. The van der Waals surface area contributed by atoms with Crippen molar-refractivity contribution in [1.29, 1.82) is 0 Å². The molecule has 1 amide bonds. The molecule has 2 rings (SSSR count). The number of aromatic nitrogens is 2. The van der Waals surface area contributed by atoms with Crippen LogP contribution in [0.3, 0.4) is 0 Å². The van der Waals surface area contributed by atoms with E-state index < -0.39 is 5.91 Å². The Morgan fingerprint density at radius 2 is 2.22 bits per heavy atom. The number of amides is 1. The van der Waals surface area contributed by atoms with Gasteiger partial charge in [-0.25, -0.2) is 10.5 Å². The van der Waals surface area contributed by atoms with Gasteiger partial charge in [-0.15, -0.1) is 0 Å². The summed E-state index contributed by atoms with van der Waals surface area (Å²) in [5.41, 5.74) is 4.18. The van der Waals surface area contributed by atoms with Gasteiger partial charge in [-0.3, -0.25) is 14.4 Å². The quantitative estimate of drug-likeness (QED) is 0.331.